The minimum absolute atomic E-state index is 0.315. The Morgan fingerprint density at radius 1 is 1.50 bits per heavy atom. The largest absolute Gasteiger partial charge is 0.512 e. The number of allylic oxidation sites excluding steroid dienone is 2. The van der Waals surface area contributed by atoms with Crippen molar-refractivity contribution in [3.8, 4) is 0 Å². The summed E-state index contributed by atoms with van der Waals surface area (Å²) < 4.78 is 0. The van der Waals surface area contributed by atoms with E-state index in [1.54, 1.807) is 6.08 Å². The van der Waals surface area contributed by atoms with Gasteiger partial charge in [0.05, 0.1) is 5.76 Å². The van der Waals surface area contributed by atoms with Gasteiger partial charge in [-0.05, 0) is 18.9 Å². The molecular formula is C9H18O. The highest BCUT2D eigenvalue weighted by Crippen LogP contribution is 2.20. The van der Waals surface area contributed by atoms with E-state index in [-0.39, 0.29) is 0 Å². The first-order chi connectivity index (χ1) is 4.63. The molecule has 0 heterocycles. The molecule has 0 aliphatic rings. The van der Waals surface area contributed by atoms with E-state index in [1.807, 2.05) is 6.92 Å². The van der Waals surface area contributed by atoms with Crippen LogP contribution in [0.15, 0.2) is 11.8 Å². The third-order valence-corrected chi connectivity index (χ3v) is 2.26. The first kappa shape index (κ1) is 9.54. The minimum atomic E-state index is 0.315. The lowest BCUT2D eigenvalue weighted by Crippen LogP contribution is -2.09. The van der Waals surface area contributed by atoms with Crippen LogP contribution < -0.4 is 0 Å². The number of rotatable bonds is 3. The molecular weight excluding hydrogens is 124 g/mol. The van der Waals surface area contributed by atoms with Crippen molar-refractivity contribution in [3.05, 3.63) is 11.8 Å². The van der Waals surface area contributed by atoms with Crippen molar-refractivity contribution >= 4 is 0 Å². The summed E-state index contributed by atoms with van der Waals surface area (Å²) in [6, 6.07) is 0. The SMILES string of the molecule is CC=C(O)C(C)C(C)CC. The number of aliphatic hydroxyl groups excluding tert-OH is 1. The van der Waals surface area contributed by atoms with Gasteiger partial charge < -0.3 is 5.11 Å². The molecule has 0 rings (SSSR count). The first-order valence-electron chi connectivity index (χ1n) is 3.98. The molecule has 10 heavy (non-hydrogen) atoms. The Bertz CT molecular complexity index is 116. The summed E-state index contributed by atoms with van der Waals surface area (Å²) in [5.74, 6) is 1.42. The molecule has 2 atom stereocenters. The Labute approximate surface area is 63.8 Å². The second kappa shape index (κ2) is 4.37. The van der Waals surface area contributed by atoms with Crippen LogP contribution >= 0.6 is 0 Å². The summed E-state index contributed by atoms with van der Waals surface area (Å²) in [6.45, 7) is 8.23. The molecule has 0 aliphatic heterocycles. The third kappa shape index (κ3) is 2.42. The van der Waals surface area contributed by atoms with Gasteiger partial charge in [-0.2, -0.15) is 0 Å². The zero-order chi connectivity index (χ0) is 8.15. The van der Waals surface area contributed by atoms with E-state index in [0.29, 0.717) is 17.6 Å². The summed E-state index contributed by atoms with van der Waals surface area (Å²) in [6.07, 6.45) is 2.90. The first-order valence-corrected chi connectivity index (χ1v) is 3.98. The van der Waals surface area contributed by atoms with E-state index in [0.717, 1.165) is 6.42 Å². The minimum Gasteiger partial charge on any atom is -0.512 e. The van der Waals surface area contributed by atoms with Gasteiger partial charge in [0.15, 0.2) is 0 Å². The van der Waals surface area contributed by atoms with Gasteiger partial charge in [0.1, 0.15) is 0 Å². The van der Waals surface area contributed by atoms with Gasteiger partial charge in [-0.15, -0.1) is 0 Å². The fourth-order valence-electron chi connectivity index (χ4n) is 0.908. The van der Waals surface area contributed by atoms with Crippen molar-refractivity contribution in [2.24, 2.45) is 11.8 Å². The molecule has 0 saturated heterocycles. The predicted octanol–water partition coefficient (Wildman–Crippen LogP) is 3.13. The summed E-state index contributed by atoms with van der Waals surface area (Å²) in [5, 5.41) is 9.29. The lowest BCUT2D eigenvalue weighted by molar-refractivity contribution is 0.281. The van der Waals surface area contributed by atoms with Crippen molar-refractivity contribution in [1.82, 2.24) is 0 Å². The highest BCUT2D eigenvalue weighted by molar-refractivity contribution is 4.94. The summed E-state index contributed by atoms with van der Waals surface area (Å²) in [5.41, 5.74) is 0. The average Bonchev–Trinajstić information content (AvgIpc) is 2.00. The van der Waals surface area contributed by atoms with Crippen LogP contribution in [-0.4, -0.2) is 5.11 Å². The predicted molar refractivity (Wildman–Crippen MR) is 45.0 cm³/mol. The van der Waals surface area contributed by atoms with E-state index in [2.05, 4.69) is 20.8 Å². The quantitative estimate of drug-likeness (QED) is 0.600. The van der Waals surface area contributed by atoms with Crippen LogP contribution in [-0.2, 0) is 0 Å². The Balaban J connectivity index is 3.94. The van der Waals surface area contributed by atoms with Crippen LogP contribution in [0.2, 0.25) is 0 Å². The smallest absolute Gasteiger partial charge is 0.0910 e. The van der Waals surface area contributed by atoms with Gasteiger partial charge in [-0.3, -0.25) is 0 Å². The van der Waals surface area contributed by atoms with Crippen molar-refractivity contribution in [1.29, 1.82) is 0 Å². The fourth-order valence-corrected chi connectivity index (χ4v) is 0.908. The Hall–Kier alpha value is -0.460. The van der Waals surface area contributed by atoms with E-state index < -0.39 is 0 Å². The Morgan fingerprint density at radius 2 is 2.00 bits per heavy atom. The highest BCUT2D eigenvalue weighted by atomic mass is 16.3. The van der Waals surface area contributed by atoms with Gasteiger partial charge in [0.2, 0.25) is 0 Å². The molecule has 2 unspecified atom stereocenters. The molecule has 60 valence electrons. The molecule has 0 aromatic carbocycles. The summed E-state index contributed by atoms with van der Waals surface area (Å²) in [4.78, 5) is 0. The third-order valence-electron chi connectivity index (χ3n) is 2.26. The molecule has 1 nitrogen and oxygen atoms in total. The fraction of sp³-hybridized carbons (Fsp3) is 0.778. The molecule has 0 aliphatic carbocycles. The molecule has 1 heteroatoms. The monoisotopic (exact) mass is 142 g/mol. The molecule has 0 fully saturated rings. The topological polar surface area (TPSA) is 20.2 Å². The van der Waals surface area contributed by atoms with Crippen LogP contribution in [0, 0.1) is 11.8 Å². The maximum atomic E-state index is 9.29. The number of hydrogen-bond donors (Lipinski definition) is 1. The Morgan fingerprint density at radius 3 is 2.30 bits per heavy atom. The van der Waals surface area contributed by atoms with Gasteiger partial charge in [-0.25, -0.2) is 0 Å². The lowest BCUT2D eigenvalue weighted by atomic mass is 9.92. The maximum absolute atomic E-state index is 9.29. The molecule has 0 radical (unpaired) electrons. The standard InChI is InChI=1S/C9H18O/c1-5-7(3)8(4)9(10)6-2/h6-8,10H,5H2,1-4H3. The van der Waals surface area contributed by atoms with Gasteiger partial charge in [-0.1, -0.05) is 27.2 Å². The van der Waals surface area contributed by atoms with Crippen LogP contribution in [0.4, 0.5) is 0 Å². The lowest BCUT2D eigenvalue weighted by Gasteiger charge is -2.16. The van der Waals surface area contributed by atoms with Crippen LogP contribution in [0.25, 0.3) is 0 Å². The molecule has 0 bridgehead atoms. The molecule has 0 amide bonds. The zero-order valence-corrected chi connectivity index (χ0v) is 7.39. The van der Waals surface area contributed by atoms with Gasteiger partial charge in [0.25, 0.3) is 0 Å². The van der Waals surface area contributed by atoms with E-state index in [9.17, 15) is 5.11 Å². The number of aliphatic hydroxyl groups is 1. The van der Waals surface area contributed by atoms with Crippen LogP contribution in [0.5, 0.6) is 0 Å². The highest BCUT2D eigenvalue weighted by Gasteiger charge is 2.12. The summed E-state index contributed by atoms with van der Waals surface area (Å²) >= 11 is 0. The van der Waals surface area contributed by atoms with Crippen molar-refractivity contribution in [3.63, 3.8) is 0 Å². The number of hydrogen-bond acceptors (Lipinski definition) is 1. The van der Waals surface area contributed by atoms with Crippen molar-refractivity contribution in [2.75, 3.05) is 0 Å². The molecule has 0 aromatic heterocycles. The maximum Gasteiger partial charge on any atom is 0.0910 e. The van der Waals surface area contributed by atoms with Crippen LogP contribution in [0.1, 0.15) is 34.1 Å². The second-order valence-electron chi connectivity index (χ2n) is 2.89. The molecule has 0 saturated carbocycles. The van der Waals surface area contributed by atoms with E-state index in [1.165, 1.54) is 0 Å². The summed E-state index contributed by atoms with van der Waals surface area (Å²) in [7, 11) is 0. The molecule has 0 aromatic rings. The molecule has 0 spiro atoms. The van der Waals surface area contributed by atoms with Crippen molar-refractivity contribution in [2.45, 2.75) is 34.1 Å². The molecule has 1 N–H and O–H groups in total. The van der Waals surface area contributed by atoms with Crippen LogP contribution in [0.3, 0.4) is 0 Å². The second-order valence-corrected chi connectivity index (χ2v) is 2.89. The van der Waals surface area contributed by atoms with E-state index in [4.69, 9.17) is 0 Å². The average molecular weight is 142 g/mol. The van der Waals surface area contributed by atoms with Gasteiger partial charge >= 0.3 is 0 Å². The van der Waals surface area contributed by atoms with Gasteiger partial charge in [0, 0.05) is 5.92 Å². The Kier molecular flexibility index (Phi) is 4.17. The van der Waals surface area contributed by atoms with Crippen molar-refractivity contribution < 1.29 is 5.11 Å². The zero-order valence-electron chi connectivity index (χ0n) is 7.39. The normalized spacial score (nSPS) is 18.6. The van der Waals surface area contributed by atoms with E-state index >= 15 is 0 Å².